The van der Waals surface area contributed by atoms with Crippen molar-refractivity contribution in [1.82, 2.24) is 15.5 Å². The van der Waals surface area contributed by atoms with Crippen LogP contribution in [0.2, 0.25) is 0 Å². The molecular formula is C38H36FN3O6. The van der Waals surface area contributed by atoms with Crippen LogP contribution in [-0.4, -0.2) is 52.0 Å². The maximum absolute atomic E-state index is 15.0. The summed E-state index contributed by atoms with van der Waals surface area (Å²) in [6.45, 7) is 3.27. The first-order valence-corrected chi connectivity index (χ1v) is 15.9. The van der Waals surface area contributed by atoms with Crippen molar-refractivity contribution in [2.75, 3.05) is 13.2 Å². The third-order valence-corrected chi connectivity index (χ3v) is 8.72. The lowest BCUT2D eigenvalue weighted by Crippen LogP contribution is -2.52. The topological polar surface area (TPSA) is 128 Å². The quantitative estimate of drug-likeness (QED) is 0.0955. The van der Waals surface area contributed by atoms with E-state index in [1.165, 1.54) is 11.0 Å². The molecule has 1 saturated heterocycles. The Morgan fingerprint density at radius 2 is 1.54 bits per heavy atom. The number of nitrogens with one attached hydrogen (secondary N) is 2. The number of carbonyl (C=O) groups excluding carboxylic acids is 3. The minimum atomic E-state index is -0.748. The van der Waals surface area contributed by atoms with Gasteiger partial charge in [-0.25, -0.2) is 4.39 Å². The fraction of sp³-hybridized carbons (Fsp3) is 0.237. The Bertz CT molecular complexity index is 1870. The summed E-state index contributed by atoms with van der Waals surface area (Å²) in [5.41, 5.74) is 6.30. The second-order valence-electron chi connectivity index (χ2n) is 11.9. The van der Waals surface area contributed by atoms with Crippen molar-refractivity contribution in [3.05, 3.63) is 124 Å². The van der Waals surface area contributed by atoms with Crippen LogP contribution in [0.15, 0.2) is 84.9 Å². The minimum absolute atomic E-state index is 0.158. The van der Waals surface area contributed by atoms with E-state index in [-0.39, 0.29) is 48.9 Å². The first kappa shape index (κ1) is 32.5. The van der Waals surface area contributed by atoms with Gasteiger partial charge < -0.3 is 25.2 Å². The molecule has 0 bridgehead atoms. The van der Waals surface area contributed by atoms with E-state index in [9.17, 15) is 29.0 Å². The molecule has 4 N–H and O–H groups in total. The van der Waals surface area contributed by atoms with Crippen molar-refractivity contribution in [2.24, 2.45) is 0 Å². The number of carbonyl (C=O) groups is 3. The van der Waals surface area contributed by atoms with Crippen molar-refractivity contribution in [3.63, 3.8) is 0 Å². The van der Waals surface area contributed by atoms with Crippen LogP contribution in [0.25, 0.3) is 11.1 Å². The zero-order valence-corrected chi connectivity index (χ0v) is 26.5. The fourth-order valence-corrected chi connectivity index (χ4v) is 6.29. The van der Waals surface area contributed by atoms with E-state index >= 15 is 0 Å². The molecule has 1 unspecified atom stereocenters. The van der Waals surface area contributed by atoms with E-state index in [0.717, 1.165) is 34.3 Å². The molecule has 246 valence electrons. The lowest BCUT2D eigenvalue weighted by Gasteiger charge is -2.29. The molecule has 6 rings (SSSR count). The smallest absolute Gasteiger partial charge is 0.255 e. The molecule has 48 heavy (non-hydrogen) atoms. The molecular weight excluding hydrogens is 613 g/mol. The van der Waals surface area contributed by atoms with Gasteiger partial charge in [-0.2, -0.15) is 0 Å². The Hall–Kier alpha value is -5.48. The largest absolute Gasteiger partial charge is 0.508 e. The summed E-state index contributed by atoms with van der Waals surface area (Å²) in [7, 11) is 0. The molecule has 0 saturated carbocycles. The number of hydrogen-bond acceptors (Lipinski definition) is 7. The monoisotopic (exact) mass is 649 g/mol. The SMILES string of the molecule is CCC(=C(c1ccc(O)cc1)c1ccc(OCCNCc2cc3c(cc2F)C(=O)N(C2CCC(=O)NC2=O)C3)cc1)c1ccc(O)cc1. The van der Waals surface area contributed by atoms with Crippen LogP contribution >= 0.6 is 0 Å². The summed E-state index contributed by atoms with van der Waals surface area (Å²) >= 11 is 0. The number of nitrogens with zero attached hydrogens (tertiary/aromatic N) is 1. The fourth-order valence-electron chi connectivity index (χ4n) is 6.29. The van der Waals surface area contributed by atoms with Gasteiger partial charge in [0.2, 0.25) is 11.8 Å². The van der Waals surface area contributed by atoms with Crippen molar-refractivity contribution < 1.29 is 33.7 Å². The summed E-state index contributed by atoms with van der Waals surface area (Å²) in [4.78, 5) is 38.2. The lowest BCUT2D eigenvalue weighted by atomic mass is 9.88. The highest BCUT2D eigenvalue weighted by molar-refractivity contribution is 6.05. The second-order valence-corrected chi connectivity index (χ2v) is 11.9. The number of fused-ring (bicyclic) bond motifs is 1. The highest BCUT2D eigenvalue weighted by Gasteiger charge is 2.39. The summed E-state index contributed by atoms with van der Waals surface area (Å²) in [6.07, 6.45) is 1.15. The van der Waals surface area contributed by atoms with Gasteiger partial charge in [-0.1, -0.05) is 43.3 Å². The molecule has 3 amide bonds. The van der Waals surface area contributed by atoms with Gasteiger partial charge in [0.25, 0.3) is 5.91 Å². The maximum Gasteiger partial charge on any atom is 0.255 e. The highest BCUT2D eigenvalue weighted by atomic mass is 19.1. The molecule has 0 aliphatic carbocycles. The van der Waals surface area contributed by atoms with Gasteiger partial charge in [0.05, 0.1) is 0 Å². The Labute approximate surface area is 277 Å². The number of hydrogen-bond donors (Lipinski definition) is 4. The predicted octanol–water partition coefficient (Wildman–Crippen LogP) is 5.54. The molecule has 2 aliphatic heterocycles. The Balaban J connectivity index is 1.08. The number of halogens is 1. The van der Waals surface area contributed by atoms with E-state index in [0.29, 0.717) is 30.0 Å². The number of rotatable bonds is 11. The second kappa shape index (κ2) is 14.1. The van der Waals surface area contributed by atoms with Gasteiger partial charge in [0.1, 0.15) is 35.7 Å². The third-order valence-electron chi connectivity index (χ3n) is 8.72. The van der Waals surface area contributed by atoms with Crippen molar-refractivity contribution in [2.45, 2.75) is 45.3 Å². The van der Waals surface area contributed by atoms with Gasteiger partial charge in [-0.05, 0) is 94.8 Å². The summed E-state index contributed by atoms with van der Waals surface area (Å²) in [5, 5.41) is 25.2. The maximum atomic E-state index is 15.0. The molecule has 4 aromatic rings. The molecule has 10 heteroatoms. The zero-order valence-electron chi connectivity index (χ0n) is 26.5. The van der Waals surface area contributed by atoms with E-state index in [1.807, 2.05) is 48.5 Å². The van der Waals surface area contributed by atoms with Crippen LogP contribution in [0.3, 0.4) is 0 Å². The Kier molecular flexibility index (Phi) is 9.54. The summed E-state index contributed by atoms with van der Waals surface area (Å²) in [5.74, 6) is -0.721. The van der Waals surface area contributed by atoms with Crippen LogP contribution in [0.4, 0.5) is 4.39 Å². The lowest BCUT2D eigenvalue weighted by molar-refractivity contribution is -0.136. The minimum Gasteiger partial charge on any atom is -0.508 e. The number of imide groups is 1. The summed E-state index contributed by atoms with van der Waals surface area (Å²) < 4.78 is 20.9. The Morgan fingerprint density at radius 1 is 0.917 bits per heavy atom. The molecule has 0 aromatic heterocycles. The van der Waals surface area contributed by atoms with Gasteiger partial charge in [0.15, 0.2) is 0 Å². The van der Waals surface area contributed by atoms with Crippen LogP contribution in [-0.2, 0) is 22.7 Å². The number of aromatic hydroxyl groups is 2. The first-order valence-electron chi connectivity index (χ1n) is 15.9. The van der Waals surface area contributed by atoms with Gasteiger partial charge in [-0.15, -0.1) is 0 Å². The van der Waals surface area contributed by atoms with Crippen LogP contribution in [0.1, 0.15) is 64.4 Å². The molecule has 2 aliphatic rings. The van der Waals surface area contributed by atoms with Crippen molar-refractivity contribution in [3.8, 4) is 17.2 Å². The number of piperidine rings is 1. The molecule has 2 heterocycles. The zero-order chi connectivity index (χ0) is 33.8. The number of amides is 3. The number of benzene rings is 4. The van der Waals surface area contributed by atoms with Crippen LogP contribution in [0.5, 0.6) is 17.2 Å². The molecule has 9 nitrogen and oxygen atoms in total. The van der Waals surface area contributed by atoms with E-state index in [2.05, 4.69) is 17.6 Å². The molecule has 0 radical (unpaired) electrons. The van der Waals surface area contributed by atoms with Gasteiger partial charge in [0, 0.05) is 37.2 Å². The van der Waals surface area contributed by atoms with E-state index in [1.54, 1.807) is 30.3 Å². The predicted molar refractivity (Wildman–Crippen MR) is 179 cm³/mol. The van der Waals surface area contributed by atoms with Crippen molar-refractivity contribution in [1.29, 1.82) is 0 Å². The summed E-state index contributed by atoms with van der Waals surface area (Å²) in [6, 6.07) is 24.1. The molecule has 1 atom stereocenters. The highest BCUT2D eigenvalue weighted by Crippen LogP contribution is 2.36. The standard InChI is InChI=1S/C38H36FN3O6/c1-2-31(23-3-9-28(43)10-4-23)36(24-5-11-29(44)12-6-24)25-7-13-30(14-8-25)48-18-17-40-21-26-19-27-22-42(38(47)32(27)20-33(26)39)34-15-16-35(45)41-37(34)46/h3-14,19-20,34,40,43-44H,2,15-18,21-22H2,1H3,(H,41,45,46). The van der Waals surface area contributed by atoms with Crippen LogP contribution < -0.4 is 15.4 Å². The first-order chi connectivity index (χ1) is 23.2. The van der Waals surface area contributed by atoms with E-state index in [4.69, 9.17) is 4.74 Å². The molecule has 1 fully saturated rings. The van der Waals surface area contributed by atoms with Gasteiger partial charge in [-0.3, -0.25) is 19.7 Å². The molecule has 0 spiro atoms. The Morgan fingerprint density at radius 3 is 2.17 bits per heavy atom. The van der Waals surface area contributed by atoms with Gasteiger partial charge >= 0.3 is 0 Å². The van der Waals surface area contributed by atoms with Crippen LogP contribution in [0, 0.1) is 5.82 Å². The average Bonchev–Trinajstić information content (AvgIpc) is 3.39. The number of phenolic OH excluding ortho intramolecular Hbond substituents is 2. The van der Waals surface area contributed by atoms with Crippen molar-refractivity contribution >= 4 is 28.9 Å². The number of allylic oxidation sites excluding steroid dienone is 1. The average molecular weight is 650 g/mol. The molecule has 4 aromatic carbocycles. The number of phenols is 2. The van der Waals surface area contributed by atoms with E-state index < -0.39 is 23.7 Å². The normalized spacial score (nSPS) is 16.4. The third kappa shape index (κ3) is 6.94. The number of ether oxygens (including phenoxy) is 1.